The van der Waals surface area contributed by atoms with Crippen LogP contribution in [0.4, 0.5) is 17.3 Å². The first kappa shape index (κ1) is 21.5. The highest BCUT2D eigenvalue weighted by Crippen LogP contribution is 2.37. The Morgan fingerprint density at radius 3 is 2.75 bits per heavy atom. The molecule has 3 aromatic rings. The van der Waals surface area contributed by atoms with Gasteiger partial charge in [-0.15, -0.1) is 5.10 Å². The number of non-ortho nitro benzene ring substituents is 1. The molecule has 0 spiro atoms. The van der Waals surface area contributed by atoms with E-state index in [2.05, 4.69) is 32.6 Å². The molecule has 0 aliphatic carbocycles. The van der Waals surface area contributed by atoms with Crippen LogP contribution in [0.15, 0.2) is 65.2 Å². The lowest BCUT2D eigenvalue weighted by Crippen LogP contribution is -2.31. The van der Waals surface area contributed by atoms with Crippen molar-refractivity contribution in [1.82, 2.24) is 19.7 Å². The van der Waals surface area contributed by atoms with Gasteiger partial charge < -0.3 is 10.6 Å². The van der Waals surface area contributed by atoms with Crippen molar-refractivity contribution >= 4 is 35.0 Å². The van der Waals surface area contributed by atoms with Crippen LogP contribution >= 0.6 is 11.8 Å². The molecule has 0 fully saturated rings. The number of nitrogens with one attached hydrogen (secondary N) is 2. The minimum atomic E-state index is -0.604. The number of fused-ring (bicyclic) bond motifs is 1. The Labute approximate surface area is 188 Å². The van der Waals surface area contributed by atoms with Gasteiger partial charge in [-0.3, -0.25) is 19.9 Å². The van der Waals surface area contributed by atoms with Gasteiger partial charge in [0.25, 0.3) is 11.6 Å². The summed E-state index contributed by atoms with van der Waals surface area (Å²) in [6, 6.07) is 9.01. The maximum absolute atomic E-state index is 13.3. The summed E-state index contributed by atoms with van der Waals surface area (Å²) in [6.07, 6.45) is 4.16. The van der Waals surface area contributed by atoms with Gasteiger partial charge in [0, 0.05) is 29.8 Å². The molecular formula is C21H21N7O3S. The maximum atomic E-state index is 13.3. The van der Waals surface area contributed by atoms with Crippen LogP contribution in [0.5, 0.6) is 0 Å². The lowest BCUT2D eigenvalue weighted by molar-refractivity contribution is -0.384. The van der Waals surface area contributed by atoms with Crippen LogP contribution in [0.25, 0.3) is 0 Å². The topological polar surface area (TPSA) is 128 Å². The average Bonchev–Trinajstić information content (AvgIpc) is 3.19. The number of benzene rings is 1. The van der Waals surface area contributed by atoms with Crippen molar-refractivity contribution in [2.75, 3.05) is 16.4 Å². The molecule has 10 nitrogen and oxygen atoms in total. The van der Waals surface area contributed by atoms with Gasteiger partial charge in [-0.05, 0) is 43.2 Å². The number of nitrogens with zero attached hydrogens (tertiary/aromatic N) is 5. The standard InChI is InChI=1S/C21H21N7O3S/c1-3-11-32-21-25-20-23-13(2)17(19(29)24-15-5-4-10-22-12-15)18(27(20)26-21)14-6-8-16(9-7-14)28(30)31/h4-10,12,18H,3,11H2,1-2H3,(H,24,29)(H,23,25,26). The Bertz CT molecular complexity index is 1180. The summed E-state index contributed by atoms with van der Waals surface area (Å²) in [4.78, 5) is 32.6. The maximum Gasteiger partial charge on any atom is 0.269 e. The highest BCUT2D eigenvalue weighted by Gasteiger charge is 2.34. The molecule has 1 amide bonds. The fourth-order valence-electron chi connectivity index (χ4n) is 3.40. The second kappa shape index (κ2) is 9.18. The van der Waals surface area contributed by atoms with Crippen molar-refractivity contribution in [3.8, 4) is 0 Å². The molecule has 0 bridgehead atoms. The fraction of sp³-hybridized carbons (Fsp3) is 0.238. The van der Waals surface area contributed by atoms with Gasteiger partial charge in [-0.1, -0.05) is 18.7 Å². The second-order valence-electron chi connectivity index (χ2n) is 7.12. The summed E-state index contributed by atoms with van der Waals surface area (Å²) in [6.45, 7) is 3.88. The Morgan fingerprint density at radius 2 is 2.09 bits per heavy atom. The molecule has 0 saturated carbocycles. The zero-order valence-electron chi connectivity index (χ0n) is 17.5. The van der Waals surface area contributed by atoms with E-state index in [0.29, 0.717) is 33.6 Å². The van der Waals surface area contributed by atoms with Crippen LogP contribution < -0.4 is 10.6 Å². The molecule has 1 atom stereocenters. The van der Waals surface area contributed by atoms with Crippen LogP contribution in [-0.4, -0.2) is 36.3 Å². The minimum Gasteiger partial charge on any atom is -0.328 e. The number of carbonyl (C=O) groups excluding carboxylic acids is 1. The van der Waals surface area contributed by atoms with Crippen LogP contribution in [0.3, 0.4) is 0 Å². The Balaban J connectivity index is 1.76. The van der Waals surface area contributed by atoms with Crippen molar-refractivity contribution in [2.24, 2.45) is 0 Å². The largest absolute Gasteiger partial charge is 0.328 e. The van der Waals surface area contributed by atoms with Gasteiger partial charge in [-0.25, -0.2) is 4.68 Å². The number of nitro benzene ring substituents is 1. The van der Waals surface area contributed by atoms with Gasteiger partial charge >= 0.3 is 0 Å². The van der Waals surface area contributed by atoms with Gasteiger partial charge in [0.2, 0.25) is 11.1 Å². The van der Waals surface area contributed by atoms with E-state index in [0.717, 1.165) is 12.2 Å². The van der Waals surface area contributed by atoms with Gasteiger partial charge in [0.15, 0.2) is 0 Å². The smallest absolute Gasteiger partial charge is 0.269 e. The van der Waals surface area contributed by atoms with E-state index in [9.17, 15) is 14.9 Å². The van der Waals surface area contributed by atoms with Gasteiger partial charge in [0.05, 0.1) is 22.4 Å². The third-order valence-electron chi connectivity index (χ3n) is 4.85. The number of rotatable bonds is 7. The normalized spacial score (nSPS) is 15.1. The molecular weight excluding hydrogens is 430 g/mol. The number of allylic oxidation sites excluding steroid dienone is 1. The quantitative estimate of drug-likeness (QED) is 0.313. The fourth-order valence-corrected chi connectivity index (χ4v) is 4.09. The molecule has 1 unspecified atom stereocenters. The van der Waals surface area contributed by atoms with E-state index in [1.54, 1.807) is 48.3 Å². The van der Waals surface area contributed by atoms with Crippen LogP contribution in [0.1, 0.15) is 31.9 Å². The third-order valence-corrected chi connectivity index (χ3v) is 5.90. The van der Waals surface area contributed by atoms with Crippen molar-refractivity contribution in [2.45, 2.75) is 31.5 Å². The summed E-state index contributed by atoms with van der Waals surface area (Å²) >= 11 is 1.53. The molecule has 32 heavy (non-hydrogen) atoms. The summed E-state index contributed by atoms with van der Waals surface area (Å²) < 4.78 is 1.66. The van der Waals surface area contributed by atoms with E-state index in [1.165, 1.54) is 23.9 Å². The number of anilines is 2. The molecule has 2 N–H and O–H groups in total. The van der Waals surface area contributed by atoms with Crippen molar-refractivity contribution < 1.29 is 9.72 Å². The number of carbonyl (C=O) groups is 1. The molecule has 164 valence electrons. The molecule has 4 rings (SSSR count). The van der Waals surface area contributed by atoms with E-state index in [-0.39, 0.29) is 11.6 Å². The van der Waals surface area contributed by atoms with Crippen LogP contribution in [0, 0.1) is 10.1 Å². The highest BCUT2D eigenvalue weighted by atomic mass is 32.2. The molecule has 1 aliphatic rings. The van der Waals surface area contributed by atoms with Crippen molar-refractivity contribution in [3.05, 3.63) is 75.7 Å². The lowest BCUT2D eigenvalue weighted by atomic mass is 9.95. The number of amides is 1. The van der Waals surface area contributed by atoms with Gasteiger partial charge in [-0.2, -0.15) is 4.98 Å². The minimum absolute atomic E-state index is 0.0252. The summed E-state index contributed by atoms with van der Waals surface area (Å²) in [5.74, 6) is 1.06. The Kier molecular flexibility index (Phi) is 6.17. The molecule has 3 heterocycles. The van der Waals surface area contributed by atoms with E-state index in [1.807, 2.05) is 0 Å². The Hall–Kier alpha value is -3.73. The molecule has 0 saturated heterocycles. The molecule has 11 heteroatoms. The number of hydrogen-bond donors (Lipinski definition) is 2. The average molecular weight is 452 g/mol. The zero-order valence-corrected chi connectivity index (χ0v) is 18.3. The number of nitro groups is 1. The van der Waals surface area contributed by atoms with Gasteiger partial charge in [0.1, 0.15) is 6.04 Å². The third kappa shape index (κ3) is 4.33. The Morgan fingerprint density at radius 1 is 1.31 bits per heavy atom. The predicted molar refractivity (Wildman–Crippen MR) is 121 cm³/mol. The monoisotopic (exact) mass is 451 g/mol. The summed E-state index contributed by atoms with van der Waals surface area (Å²) in [5, 5.41) is 22.4. The molecule has 2 aromatic heterocycles. The van der Waals surface area contributed by atoms with E-state index >= 15 is 0 Å². The van der Waals surface area contributed by atoms with Crippen molar-refractivity contribution in [3.63, 3.8) is 0 Å². The SMILES string of the molecule is CCCSc1nc2n(n1)C(c1ccc([N+](=O)[O-])cc1)C(C(=O)Nc1cccnc1)=C(C)N2. The first-order valence-electron chi connectivity index (χ1n) is 10.0. The van der Waals surface area contributed by atoms with Crippen LogP contribution in [-0.2, 0) is 4.79 Å². The number of pyridine rings is 1. The van der Waals surface area contributed by atoms with E-state index < -0.39 is 11.0 Å². The lowest BCUT2D eigenvalue weighted by Gasteiger charge is -2.28. The highest BCUT2D eigenvalue weighted by molar-refractivity contribution is 7.99. The number of hydrogen-bond acceptors (Lipinski definition) is 8. The van der Waals surface area contributed by atoms with Crippen molar-refractivity contribution in [1.29, 1.82) is 0 Å². The number of thioether (sulfide) groups is 1. The second-order valence-corrected chi connectivity index (χ2v) is 8.18. The molecule has 1 aliphatic heterocycles. The molecule has 0 radical (unpaired) electrons. The predicted octanol–water partition coefficient (Wildman–Crippen LogP) is 4.01. The van der Waals surface area contributed by atoms with Crippen LogP contribution in [0.2, 0.25) is 0 Å². The molecule has 1 aromatic carbocycles. The zero-order chi connectivity index (χ0) is 22.7. The number of aromatic nitrogens is 4. The first-order chi connectivity index (χ1) is 15.5. The summed E-state index contributed by atoms with van der Waals surface area (Å²) in [7, 11) is 0. The van der Waals surface area contributed by atoms with E-state index in [4.69, 9.17) is 0 Å². The summed E-state index contributed by atoms with van der Waals surface area (Å²) in [5.41, 5.74) is 2.28. The first-order valence-corrected chi connectivity index (χ1v) is 11.0.